The maximum absolute atomic E-state index is 12.7. The van der Waals surface area contributed by atoms with E-state index in [9.17, 15) is 9.59 Å². The number of hydrogen-bond donors (Lipinski definition) is 2. The summed E-state index contributed by atoms with van der Waals surface area (Å²) in [6.07, 6.45) is 0.982. The predicted octanol–water partition coefficient (Wildman–Crippen LogP) is 3.19. The molecule has 7 heteroatoms. The summed E-state index contributed by atoms with van der Waals surface area (Å²) in [5, 5.41) is 2.87. The van der Waals surface area contributed by atoms with Crippen molar-refractivity contribution >= 4 is 17.7 Å². The number of nitrogens with two attached hydrogens (primary N) is 1. The van der Waals surface area contributed by atoms with Gasteiger partial charge in [-0.05, 0) is 65.7 Å². The molecule has 3 N–H and O–H groups in total. The second-order valence-electron chi connectivity index (χ2n) is 8.13. The van der Waals surface area contributed by atoms with Crippen LogP contribution in [0.5, 0.6) is 5.75 Å². The van der Waals surface area contributed by atoms with Crippen molar-refractivity contribution < 1.29 is 19.1 Å². The van der Waals surface area contributed by atoms with Gasteiger partial charge in [0.15, 0.2) is 0 Å². The lowest BCUT2D eigenvalue weighted by atomic mass is 10.0. The predicted molar refractivity (Wildman–Crippen MR) is 105 cm³/mol. The number of nitrogens with one attached hydrogen (secondary N) is 1. The molecule has 1 aromatic carbocycles. The zero-order valence-electron chi connectivity index (χ0n) is 16.9. The Labute approximate surface area is 161 Å². The van der Waals surface area contributed by atoms with E-state index in [2.05, 4.69) is 5.32 Å². The molecule has 0 aliphatic carbocycles. The minimum atomic E-state index is -0.522. The minimum Gasteiger partial charge on any atom is -0.489 e. The molecule has 27 heavy (non-hydrogen) atoms. The van der Waals surface area contributed by atoms with E-state index in [1.165, 1.54) is 0 Å². The highest BCUT2D eigenvalue weighted by atomic mass is 16.6. The fraction of sp³-hybridized carbons (Fsp3) is 0.600. The van der Waals surface area contributed by atoms with E-state index in [0.717, 1.165) is 0 Å². The van der Waals surface area contributed by atoms with Gasteiger partial charge in [-0.2, -0.15) is 0 Å². The number of anilines is 1. The van der Waals surface area contributed by atoms with Crippen LogP contribution in [0.25, 0.3) is 0 Å². The van der Waals surface area contributed by atoms with Crippen LogP contribution in [0.3, 0.4) is 0 Å². The van der Waals surface area contributed by atoms with E-state index in [0.29, 0.717) is 42.9 Å². The van der Waals surface area contributed by atoms with Gasteiger partial charge in [-0.25, -0.2) is 4.79 Å². The number of benzene rings is 1. The summed E-state index contributed by atoms with van der Waals surface area (Å²) in [6.45, 7) is 10.5. The van der Waals surface area contributed by atoms with Crippen LogP contribution in [-0.2, 0) is 4.74 Å². The molecule has 0 unspecified atom stereocenters. The van der Waals surface area contributed by atoms with Crippen LogP contribution >= 0.6 is 0 Å². The number of rotatable bonds is 4. The summed E-state index contributed by atoms with van der Waals surface area (Å²) >= 11 is 0. The number of carbonyl (C=O) groups is 2. The van der Waals surface area contributed by atoms with E-state index in [1.54, 1.807) is 23.1 Å². The molecular weight excluding hydrogens is 346 g/mol. The van der Waals surface area contributed by atoms with Gasteiger partial charge >= 0.3 is 6.09 Å². The molecule has 1 aliphatic rings. The number of piperidine rings is 1. The summed E-state index contributed by atoms with van der Waals surface area (Å²) < 4.78 is 10.9. The van der Waals surface area contributed by atoms with Crippen LogP contribution in [-0.4, -0.2) is 47.7 Å². The lowest BCUT2D eigenvalue weighted by Crippen LogP contribution is -2.47. The van der Waals surface area contributed by atoms with Crippen molar-refractivity contribution in [2.75, 3.05) is 18.8 Å². The van der Waals surface area contributed by atoms with Crippen LogP contribution < -0.4 is 15.8 Å². The first-order chi connectivity index (χ1) is 12.5. The summed E-state index contributed by atoms with van der Waals surface area (Å²) in [5.41, 5.74) is 6.48. The van der Waals surface area contributed by atoms with Crippen LogP contribution in [0, 0.1) is 0 Å². The minimum absolute atomic E-state index is 0.00999. The Hall–Kier alpha value is -2.44. The standard InChI is InChI=1S/C20H31N3O4/c1-13(2)26-17-7-6-14(12-16(17)21)18(24)23-10-8-15(9-11-23)22-19(25)27-20(3,4)5/h6-7,12-13,15H,8-11,21H2,1-5H3,(H,22,25). The van der Waals surface area contributed by atoms with Crippen molar-refractivity contribution in [3.8, 4) is 5.75 Å². The molecule has 1 heterocycles. The maximum Gasteiger partial charge on any atom is 0.407 e. The van der Waals surface area contributed by atoms with Crippen LogP contribution in [0.1, 0.15) is 57.8 Å². The van der Waals surface area contributed by atoms with Crippen LogP contribution in [0.4, 0.5) is 10.5 Å². The Balaban J connectivity index is 1.89. The molecule has 150 valence electrons. The molecule has 2 amide bonds. The number of likely N-dealkylation sites (tertiary alicyclic amines) is 1. The Morgan fingerprint density at radius 3 is 2.37 bits per heavy atom. The van der Waals surface area contributed by atoms with Crippen LogP contribution in [0.2, 0.25) is 0 Å². The summed E-state index contributed by atoms with van der Waals surface area (Å²) in [7, 11) is 0. The zero-order valence-corrected chi connectivity index (χ0v) is 16.9. The lowest BCUT2D eigenvalue weighted by Gasteiger charge is -2.33. The Morgan fingerprint density at radius 1 is 1.22 bits per heavy atom. The number of nitrogens with zero attached hydrogens (tertiary/aromatic N) is 1. The molecule has 0 radical (unpaired) electrons. The lowest BCUT2D eigenvalue weighted by molar-refractivity contribution is 0.0473. The average molecular weight is 377 g/mol. The number of nitrogen functional groups attached to an aromatic ring is 1. The van der Waals surface area contributed by atoms with Gasteiger partial charge in [-0.1, -0.05) is 0 Å². The number of hydrogen-bond acceptors (Lipinski definition) is 5. The summed E-state index contributed by atoms with van der Waals surface area (Å²) in [6, 6.07) is 5.14. The molecule has 0 atom stereocenters. The summed E-state index contributed by atoms with van der Waals surface area (Å²) in [5.74, 6) is 0.523. The largest absolute Gasteiger partial charge is 0.489 e. The van der Waals surface area contributed by atoms with Crippen LogP contribution in [0.15, 0.2) is 18.2 Å². The molecule has 7 nitrogen and oxygen atoms in total. The van der Waals surface area contributed by atoms with E-state index in [1.807, 2.05) is 34.6 Å². The molecule has 0 bridgehead atoms. The van der Waals surface area contributed by atoms with Gasteiger partial charge in [-0.15, -0.1) is 0 Å². The fourth-order valence-corrected chi connectivity index (χ4v) is 2.93. The molecule has 0 spiro atoms. The molecule has 0 aromatic heterocycles. The van der Waals surface area contributed by atoms with Crippen molar-refractivity contribution in [3.05, 3.63) is 23.8 Å². The van der Waals surface area contributed by atoms with Crippen molar-refractivity contribution in [2.24, 2.45) is 0 Å². The first-order valence-electron chi connectivity index (χ1n) is 9.40. The zero-order chi connectivity index (χ0) is 20.2. The van der Waals surface area contributed by atoms with E-state index < -0.39 is 11.7 Å². The average Bonchev–Trinajstić information content (AvgIpc) is 2.54. The fourth-order valence-electron chi connectivity index (χ4n) is 2.93. The number of carbonyl (C=O) groups excluding carboxylic acids is 2. The SMILES string of the molecule is CC(C)Oc1ccc(C(=O)N2CCC(NC(=O)OC(C)(C)C)CC2)cc1N. The van der Waals surface area contributed by atoms with Gasteiger partial charge in [0.2, 0.25) is 0 Å². The monoisotopic (exact) mass is 377 g/mol. The highest BCUT2D eigenvalue weighted by Gasteiger charge is 2.26. The first-order valence-corrected chi connectivity index (χ1v) is 9.40. The number of amides is 2. The van der Waals surface area contributed by atoms with E-state index in [4.69, 9.17) is 15.2 Å². The molecule has 1 fully saturated rings. The highest BCUT2D eigenvalue weighted by Crippen LogP contribution is 2.25. The second-order valence-corrected chi connectivity index (χ2v) is 8.13. The number of ether oxygens (including phenoxy) is 2. The quantitative estimate of drug-likeness (QED) is 0.786. The molecule has 0 saturated carbocycles. The molecule has 1 aliphatic heterocycles. The molecule has 1 aromatic rings. The van der Waals surface area contributed by atoms with E-state index in [-0.39, 0.29) is 18.1 Å². The summed E-state index contributed by atoms with van der Waals surface area (Å²) in [4.78, 5) is 26.4. The van der Waals surface area contributed by atoms with Crippen molar-refractivity contribution in [3.63, 3.8) is 0 Å². The number of alkyl carbamates (subject to hydrolysis) is 1. The van der Waals surface area contributed by atoms with Crippen molar-refractivity contribution in [2.45, 2.75) is 65.2 Å². The third-order valence-corrected chi connectivity index (χ3v) is 4.12. The van der Waals surface area contributed by atoms with Gasteiger partial charge in [0, 0.05) is 24.7 Å². The molecule has 2 rings (SSSR count). The Morgan fingerprint density at radius 2 is 1.85 bits per heavy atom. The van der Waals surface area contributed by atoms with Gasteiger partial charge < -0.3 is 25.4 Å². The normalized spacial score (nSPS) is 15.6. The van der Waals surface area contributed by atoms with Gasteiger partial charge in [0.1, 0.15) is 11.4 Å². The van der Waals surface area contributed by atoms with Gasteiger partial charge in [0.25, 0.3) is 5.91 Å². The van der Waals surface area contributed by atoms with Gasteiger partial charge in [0.05, 0.1) is 11.8 Å². The molecular formula is C20H31N3O4. The van der Waals surface area contributed by atoms with Crippen molar-refractivity contribution in [1.82, 2.24) is 10.2 Å². The second kappa shape index (κ2) is 8.50. The van der Waals surface area contributed by atoms with E-state index >= 15 is 0 Å². The highest BCUT2D eigenvalue weighted by molar-refractivity contribution is 5.95. The first kappa shape index (κ1) is 20.9. The molecule has 1 saturated heterocycles. The third-order valence-electron chi connectivity index (χ3n) is 4.12. The smallest absolute Gasteiger partial charge is 0.407 e. The maximum atomic E-state index is 12.7. The Kier molecular flexibility index (Phi) is 6.57. The third kappa shape index (κ3) is 6.34. The topological polar surface area (TPSA) is 93.9 Å². The Bertz CT molecular complexity index is 674. The van der Waals surface area contributed by atoms with Gasteiger partial charge in [-0.3, -0.25) is 4.79 Å². The van der Waals surface area contributed by atoms with Crippen molar-refractivity contribution in [1.29, 1.82) is 0 Å².